The Balaban J connectivity index is 2.80. The largest absolute Gasteiger partial charge is 0.327 e. The Hall–Kier alpha value is -1.35. The Morgan fingerprint density at radius 1 is 1.26 bits per heavy atom. The zero-order valence-corrected chi connectivity index (χ0v) is 12.7. The number of aryl methyl sites for hydroxylation is 1. The van der Waals surface area contributed by atoms with Gasteiger partial charge in [0.1, 0.15) is 0 Å². The van der Waals surface area contributed by atoms with Gasteiger partial charge >= 0.3 is 0 Å². The number of nitrogens with zero attached hydrogens (tertiary/aromatic N) is 1. The molecule has 1 aromatic carbocycles. The van der Waals surface area contributed by atoms with Gasteiger partial charge in [-0.15, -0.1) is 0 Å². The van der Waals surface area contributed by atoms with Crippen LogP contribution in [0, 0.1) is 12.3 Å². The average Bonchev–Trinajstić information content (AvgIpc) is 2.31. The number of hydrogen-bond donors (Lipinski definition) is 1. The van der Waals surface area contributed by atoms with Crippen molar-refractivity contribution >= 4 is 11.6 Å². The van der Waals surface area contributed by atoms with Crippen molar-refractivity contribution in [3.05, 3.63) is 29.8 Å². The normalized spacial score (nSPS) is 13.2. The summed E-state index contributed by atoms with van der Waals surface area (Å²) in [5, 5.41) is 0. The first kappa shape index (κ1) is 15.7. The summed E-state index contributed by atoms with van der Waals surface area (Å²) in [5.74, 6) is 0.0915. The summed E-state index contributed by atoms with van der Waals surface area (Å²) >= 11 is 0. The number of amides is 1. The molecular weight excluding hydrogens is 236 g/mol. The molecule has 0 aromatic heterocycles. The Bertz CT molecular complexity index is 417. The summed E-state index contributed by atoms with van der Waals surface area (Å²) in [6.45, 7) is 10.9. The third kappa shape index (κ3) is 4.35. The zero-order chi connectivity index (χ0) is 14.6. The molecule has 106 valence electrons. The molecule has 0 bridgehead atoms. The van der Waals surface area contributed by atoms with E-state index in [2.05, 4.69) is 20.8 Å². The minimum Gasteiger partial charge on any atom is -0.327 e. The molecule has 1 atom stereocenters. The molecule has 0 fully saturated rings. The molecular formula is C16H26N2O. The molecule has 1 rings (SSSR count). The molecule has 0 radical (unpaired) electrons. The number of anilines is 1. The Morgan fingerprint density at radius 3 is 2.21 bits per heavy atom. The lowest BCUT2D eigenvalue weighted by molar-refractivity contribution is -0.119. The van der Waals surface area contributed by atoms with Crippen LogP contribution in [0.5, 0.6) is 0 Å². The van der Waals surface area contributed by atoms with Crippen molar-refractivity contribution in [2.45, 2.75) is 47.1 Å². The van der Waals surface area contributed by atoms with Crippen molar-refractivity contribution in [2.24, 2.45) is 11.1 Å². The van der Waals surface area contributed by atoms with Gasteiger partial charge in [-0.05, 0) is 31.4 Å². The lowest BCUT2D eigenvalue weighted by atomic mass is 9.85. The highest BCUT2D eigenvalue weighted by Gasteiger charge is 2.25. The van der Waals surface area contributed by atoms with Crippen molar-refractivity contribution in [1.82, 2.24) is 0 Å². The predicted molar refractivity (Wildman–Crippen MR) is 81.3 cm³/mol. The van der Waals surface area contributed by atoms with Gasteiger partial charge in [-0.25, -0.2) is 0 Å². The van der Waals surface area contributed by atoms with E-state index in [4.69, 9.17) is 5.73 Å². The molecule has 0 heterocycles. The first-order valence-corrected chi connectivity index (χ1v) is 6.88. The van der Waals surface area contributed by atoms with Crippen molar-refractivity contribution < 1.29 is 4.79 Å². The van der Waals surface area contributed by atoms with E-state index < -0.39 is 0 Å². The van der Waals surface area contributed by atoms with Crippen LogP contribution < -0.4 is 10.6 Å². The maximum absolute atomic E-state index is 12.4. The Kier molecular flexibility index (Phi) is 5.12. The second-order valence-electron chi connectivity index (χ2n) is 6.15. The van der Waals surface area contributed by atoms with Crippen LogP contribution >= 0.6 is 0 Å². The van der Waals surface area contributed by atoms with Crippen LogP contribution in [0.25, 0.3) is 0 Å². The number of hydrogen-bond acceptors (Lipinski definition) is 2. The van der Waals surface area contributed by atoms with Gasteiger partial charge in [-0.2, -0.15) is 0 Å². The van der Waals surface area contributed by atoms with E-state index in [0.29, 0.717) is 13.0 Å². The minimum atomic E-state index is -0.125. The summed E-state index contributed by atoms with van der Waals surface area (Å²) in [6, 6.07) is 7.89. The average molecular weight is 262 g/mol. The van der Waals surface area contributed by atoms with Gasteiger partial charge < -0.3 is 10.6 Å². The van der Waals surface area contributed by atoms with E-state index in [-0.39, 0.29) is 17.4 Å². The molecule has 0 saturated carbocycles. The van der Waals surface area contributed by atoms with E-state index in [1.54, 1.807) is 4.90 Å². The highest BCUT2D eigenvalue weighted by molar-refractivity contribution is 5.93. The molecule has 0 spiro atoms. The van der Waals surface area contributed by atoms with Gasteiger partial charge in [-0.1, -0.05) is 38.5 Å². The van der Waals surface area contributed by atoms with Crippen LogP contribution in [0.3, 0.4) is 0 Å². The lowest BCUT2D eigenvalue weighted by Gasteiger charge is -2.29. The van der Waals surface area contributed by atoms with Crippen LogP contribution in [0.4, 0.5) is 5.69 Å². The maximum Gasteiger partial charge on any atom is 0.228 e. The smallest absolute Gasteiger partial charge is 0.228 e. The molecule has 0 saturated heterocycles. The summed E-state index contributed by atoms with van der Waals surface area (Å²) in [4.78, 5) is 14.2. The fourth-order valence-electron chi connectivity index (χ4n) is 1.83. The molecule has 0 aliphatic heterocycles. The van der Waals surface area contributed by atoms with Gasteiger partial charge in [0.2, 0.25) is 5.91 Å². The van der Waals surface area contributed by atoms with Crippen LogP contribution in [0.15, 0.2) is 24.3 Å². The zero-order valence-electron chi connectivity index (χ0n) is 12.7. The van der Waals surface area contributed by atoms with Crippen molar-refractivity contribution in [3.8, 4) is 0 Å². The highest BCUT2D eigenvalue weighted by atomic mass is 16.2. The van der Waals surface area contributed by atoms with E-state index in [1.165, 1.54) is 5.56 Å². The lowest BCUT2D eigenvalue weighted by Crippen LogP contribution is -2.41. The van der Waals surface area contributed by atoms with Gasteiger partial charge in [0.05, 0.1) is 0 Å². The van der Waals surface area contributed by atoms with Crippen LogP contribution in [0.1, 0.15) is 39.7 Å². The van der Waals surface area contributed by atoms with E-state index in [9.17, 15) is 4.79 Å². The maximum atomic E-state index is 12.4. The summed E-state index contributed by atoms with van der Waals surface area (Å²) in [7, 11) is 0. The first-order valence-electron chi connectivity index (χ1n) is 6.88. The van der Waals surface area contributed by atoms with Gasteiger partial charge in [-0.3, -0.25) is 4.79 Å². The predicted octanol–water partition coefficient (Wildman–Crippen LogP) is 3.11. The van der Waals surface area contributed by atoms with E-state index in [1.807, 2.05) is 38.1 Å². The molecule has 3 nitrogen and oxygen atoms in total. The molecule has 19 heavy (non-hydrogen) atoms. The first-order chi connectivity index (χ1) is 8.75. The second kappa shape index (κ2) is 6.20. The number of benzene rings is 1. The fraction of sp³-hybridized carbons (Fsp3) is 0.562. The van der Waals surface area contributed by atoms with Crippen molar-refractivity contribution in [2.75, 3.05) is 11.4 Å². The van der Waals surface area contributed by atoms with E-state index >= 15 is 0 Å². The van der Waals surface area contributed by atoms with E-state index in [0.717, 1.165) is 5.69 Å². The summed E-state index contributed by atoms with van der Waals surface area (Å²) in [6.07, 6.45) is 0.380. The molecule has 0 aliphatic carbocycles. The summed E-state index contributed by atoms with van der Waals surface area (Å²) in [5.41, 5.74) is 8.18. The second-order valence-corrected chi connectivity index (χ2v) is 6.15. The number of carbonyl (C=O) groups is 1. The Morgan fingerprint density at radius 2 is 1.79 bits per heavy atom. The molecule has 0 aliphatic rings. The van der Waals surface area contributed by atoms with Crippen LogP contribution in [-0.4, -0.2) is 18.5 Å². The van der Waals surface area contributed by atoms with Crippen LogP contribution in [-0.2, 0) is 4.79 Å². The van der Waals surface area contributed by atoms with Gasteiger partial charge in [0.25, 0.3) is 0 Å². The third-order valence-corrected chi connectivity index (χ3v) is 3.47. The number of rotatable bonds is 4. The molecule has 1 aromatic rings. The monoisotopic (exact) mass is 262 g/mol. The van der Waals surface area contributed by atoms with Crippen molar-refractivity contribution in [1.29, 1.82) is 0 Å². The quantitative estimate of drug-likeness (QED) is 0.906. The number of carbonyl (C=O) groups excluding carboxylic acids is 1. The SMILES string of the molecule is CCN(C(=O)CC(N)C(C)(C)C)c1ccc(C)cc1. The molecule has 2 N–H and O–H groups in total. The molecule has 1 unspecified atom stereocenters. The standard InChI is InChI=1S/C16H26N2O/c1-6-18(13-9-7-12(2)8-10-13)15(19)11-14(17)16(3,4)5/h7-10,14H,6,11,17H2,1-5H3. The fourth-order valence-corrected chi connectivity index (χ4v) is 1.83. The third-order valence-electron chi connectivity index (χ3n) is 3.47. The van der Waals surface area contributed by atoms with Crippen LogP contribution in [0.2, 0.25) is 0 Å². The molecule has 1 amide bonds. The highest BCUT2D eigenvalue weighted by Crippen LogP contribution is 2.22. The van der Waals surface area contributed by atoms with Gasteiger partial charge in [0, 0.05) is 24.7 Å². The Labute approximate surface area is 116 Å². The topological polar surface area (TPSA) is 46.3 Å². The van der Waals surface area contributed by atoms with Gasteiger partial charge in [0.15, 0.2) is 0 Å². The minimum absolute atomic E-state index is 0.0532. The number of nitrogens with two attached hydrogens (primary N) is 1. The van der Waals surface area contributed by atoms with Crippen molar-refractivity contribution in [3.63, 3.8) is 0 Å². The molecule has 3 heteroatoms. The summed E-state index contributed by atoms with van der Waals surface area (Å²) < 4.78 is 0.